The van der Waals surface area contributed by atoms with E-state index in [2.05, 4.69) is 111 Å². The van der Waals surface area contributed by atoms with Crippen molar-refractivity contribution in [3.63, 3.8) is 0 Å². The molecule has 0 fully saturated rings. The van der Waals surface area contributed by atoms with Crippen LogP contribution in [-0.4, -0.2) is 70.0 Å². The van der Waals surface area contributed by atoms with Crippen LogP contribution in [0.2, 0.25) is 0 Å². The van der Waals surface area contributed by atoms with Gasteiger partial charge in [-0.2, -0.15) is 0 Å². The number of quaternary nitrogens is 1. The van der Waals surface area contributed by atoms with Crippen LogP contribution in [-0.2, 0) is 32.7 Å². The fourth-order valence-corrected chi connectivity index (χ4v) is 9.64. The number of esters is 2. The molecule has 10 heteroatoms. The second kappa shape index (κ2) is 59.5. The fraction of sp³-hybridized carbons (Fsp3) is 0.739. The summed E-state index contributed by atoms with van der Waals surface area (Å²) >= 11 is 0. The smallest absolute Gasteiger partial charge is 0.306 e. The van der Waals surface area contributed by atoms with Crippen LogP contribution in [0.4, 0.5) is 0 Å². The summed E-state index contributed by atoms with van der Waals surface area (Å²) in [5.74, 6) is -0.828. The Kier molecular flexibility index (Phi) is 57.2. The Labute approximate surface area is 487 Å². The summed E-state index contributed by atoms with van der Waals surface area (Å²) in [6, 6.07) is 0. The minimum absolute atomic E-state index is 0.0328. The third-order valence-electron chi connectivity index (χ3n) is 13.9. The van der Waals surface area contributed by atoms with Crippen LogP contribution in [0, 0.1) is 0 Å². The summed E-state index contributed by atoms with van der Waals surface area (Å²) in [5.41, 5.74) is 0. The Morgan fingerprint density at radius 2 is 0.722 bits per heavy atom. The number of hydrogen-bond acceptors (Lipinski definition) is 8. The normalized spacial score (nSPS) is 13.8. The van der Waals surface area contributed by atoms with Gasteiger partial charge in [-0.25, -0.2) is 0 Å². The Balaban J connectivity index is 4.07. The molecular formula is C69H122NO8P. The summed E-state index contributed by atoms with van der Waals surface area (Å²) in [6.45, 7) is 4.15. The molecule has 0 heterocycles. The number of phosphoric acid groups is 1. The number of phosphoric ester groups is 1. The molecule has 79 heavy (non-hydrogen) atoms. The van der Waals surface area contributed by atoms with Crippen molar-refractivity contribution in [2.45, 2.75) is 283 Å². The van der Waals surface area contributed by atoms with Gasteiger partial charge in [-0.3, -0.25) is 14.2 Å². The van der Waals surface area contributed by atoms with Gasteiger partial charge in [0, 0.05) is 12.8 Å². The largest absolute Gasteiger partial charge is 0.756 e. The van der Waals surface area contributed by atoms with Crippen molar-refractivity contribution < 1.29 is 42.1 Å². The summed E-state index contributed by atoms with van der Waals surface area (Å²) in [7, 11) is 1.17. The molecule has 0 aromatic heterocycles. The standard InChI is InChI=1S/C69H122NO8P/c1-6-8-10-12-14-16-18-20-22-24-26-27-28-29-30-31-32-33-34-35-36-37-38-39-40-41-42-43-44-46-48-50-52-54-56-58-60-62-69(72)78-67(66-77-79(73,74)76-64-63-70(3,4)5)65-75-68(71)61-59-57-55-53-51-49-47-45-25-23-21-19-17-15-13-11-9-7-2/h8,10,14,16,20,22,26-27,29-30,32-33,35-36,38-39,67H,6-7,9,11-13,15,17-19,21,23-25,28,31,34,37,40-66H2,1-5H3/b10-8-,16-14-,22-20-,27-26-,30-29-,33-32-,36-35-,39-38-. The van der Waals surface area contributed by atoms with E-state index in [0.29, 0.717) is 17.4 Å². The maximum atomic E-state index is 12.8. The molecule has 0 amide bonds. The van der Waals surface area contributed by atoms with E-state index in [9.17, 15) is 19.0 Å². The van der Waals surface area contributed by atoms with E-state index in [1.54, 1.807) is 0 Å². The molecule has 0 spiro atoms. The van der Waals surface area contributed by atoms with Crippen molar-refractivity contribution in [2.75, 3.05) is 47.5 Å². The van der Waals surface area contributed by atoms with Crippen molar-refractivity contribution in [1.82, 2.24) is 0 Å². The number of unbranched alkanes of at least 4 members (excludes halogenated alkanes) is 29. The Hall–Kier alpha value is -3.07. The fourth-order valence-electron chi connectivity index (χ4n) is 8.91. The molecule has 0 aromatic carbocycles. The van der Waals surface area contributed by atoms with E-state index in [0.717, 1.165) is 89.9 Å². The molecule has 0 radical (unpaired) electrons. The van der Waals surface area contributed by atoms with Crippen molar-refractivity contribution in [3.8, 4) is 0 Å². The van der Waals surface area contributed by atoms with Gasteiger partial charge in [0.2, 0.25) is 0 Å². The second-order valence-electron chi connectivity index (χ2n) is 22.8. The molecule has 0 saturated heterocycles. The predicted molar refractivity (Wildman–Crippen MR) is 337 cm³/mol. The zero-order valence-corrected chi connectivity index (χ0v) is 52.7. The van der Waals surface area contributed by atoms with Crippen LogP contribution in [0.1, 0.15) is 277 Å². The van der Waals surface area contributed by atoms with Crippen LogP contribution in [0.15, 0.2) is 97.2 Å². The summed E-state index contributed by atoms with van der Waals surface area (Å²) < 4.78 is 34.2. The van der Waals surface area contributed by atoms with Crippen molar-refractivity contribution in [1.29, 1.82) is 0 Å². The summed E-state index contributed by atoms with van der Waals surface area (Å²) in [6.07, 6.45) is 81.8. The van der Waals surface area contributed by atoms with Crippen LogP contribution < -0.4 is 4.89 Å². The molecule has 0 aromatic rings. The minimum atomic E-state index is -4.64. The van der Waals surface area contributed by atoms with Gasteiger partial charge in [0.25, 0.3) is 7.82 Å². The molecule has 0 N–H and O–H groups in total. The topological polar surface area (TPSA) is 111 Å². The number of ether oxygens (including phenoxy) is 2. The van der Waals surface area contributed by atoms with Gasteiger partial charge in [-0.05, 0) is 77.0 Å². The molecule has 2 unspecified atom stereocenters. The second-order valence-corrected chi connectivity index (χ2v) is 24.2. The average molecular weight is 1120 g/mol. The zero-order chi connectivity index (χ0) is 57.7. The first-order valence-corrected chi connectivity index (χ1v) is 33.9. The Morgan fingerprint density at radius 1 is 0.405 bits per heavy atom. The lowest BCUT2D eigenvalue weighted by Crippen LogP contribution is -2.37. The SMILES string of the molecule is CC/C=C\C/C=C\C/C=C\C/C=C\C/C=C\C/C=C\C/C=C\C/C=C\CCCCCCCCCCCCCCC(=O)OC(COC(=O)CCCCCCCCCCCCCCCCCCCC)COP(=O)([O-])OCC[N+](C)(C)C. The predicted octanol–water partition coefficient (Wildman–Crippen LogP) is 20.1. The maximum absolute atomic E-state index is 12.8. The average Bonchev–Trinajstić information content (AvgIpc) is 3.41. The molecule has 0 aliphatic carbocycles. The molecular weight excluding hydrogens is 1000 g/mol. The molecule has 456 valence electrons. The van der Waals surface area contributed by atoms with E-state index in [1.807, 2.05) is 21.1 Å². The lowest BCUT2D eigenvalue weighted by molar-refractivity contribution is -0.870. The lowest BCUT2D eigenvalue weighted by atomic mass is 10.0. The lowest BCUT2D eigenvalue weighted by Gasteiger charge is -2.28. The third kappa shape index (κ3) is 64.0. The first kappa shape index (κ1) is 75.9. The number of rotatable bonds is 59. The van der Waals surface area contributed by atoms with E-state index >= 15 is 0 Å². The highest BCUT2D eigenvalue weighted by Gasteiger charge is 2.22. The minimum Gasteiger partial charge on any atom is -0.756 e. The van der Waals surface area contributed by atoms with Crippen LogP contribution in [0.5, 0.6) is 0 Å². The molecule has 0 saturated carbocycles. The maximum Gasteiger partial charge on any atom is 0.306 e. The van der Waals surface area contributed by atoms with Gasteiger partial charge in [-0.15, -0.1) is 0 Å². The van der Waals surface area contributed by atoms with Crippen LogP contribution >= 0.6 is 7.82 Å². The van der Waals surface area contributed by atoms with Gasteiger partial charge in [0.05, 0.1) is 27.7 Å². The number of likely N-dealkylation sites (N-methyl/N-ethyl adjacent to an activating group) is 1. The zero-order valence-electron chi connectivity index (χ0n) is 51.8. The molecule has 9 nitrogen and oxygen atoms in total. The van der Waals surface area contributed by atoms with Crippen molar-refractivity contribution in [2.24, 2.45) is 0 Å². The van der Waals surface area contributed by atoms with Crippen LogP contribution in [0.25, 0.3) is 0 Å². The first-order chi connectivity index (χ1) is 38.5. The number of nitrogens with zero attached hydrogens (tertiary/aromatic N) is 1. The summed E-state index contributed by atoms with van der Waals surface area (Å²) in [5, 5.41) is 0. The molecule has 0 aliphatic rings. The van der Waals surface area contributed by atoms with Gasteiger partial charge >= 0.3 is 11.9 Å². The van der Waals surface area contributed by atoms with E-state index in [4.69, 9.17) is 18.5 Å². The monoisotopic (exact) mass is 1120 g/mol. The van der Waals surface area contributed by atoms with E-state index in [1.165, 1.54) is 154 Å². The van der Waals surface area contributed by atoms with Crippen molar-refractivity contribution >= 4 is 19.8 Å². The molecule has 0 rings (SSSR count). The highest BCUT2D eigenvalue weighted by molar-refractivity contribution is 7.45. The molecule has 0 aliphatic heterocycles. The quantitative estimate of drug-likeness (QED) is 0.0195. The van der Waals surface area contributed by atoms with Gasteiger partial charge in [-0.1, -0.05) is 284 Å². The molecule has 0 bridgehead atoms. The van der Waals surface area contributed by atoms with Gasteiger partial charge in [0.15, 0.2) is 6.10 Å². The first-order valence-electron chi connectivity index (χ1n) is 32.4. The van der Waals surface area contributed by atoms with Crippen molar-refractivity contribution in [3.05, 3.63) is 97.2 Å². The molecule has 2 atom stereocenters. The number of allylic oxidation sites excluding steroid dienone is 16. The number of carbonyl (C=O) groups excluding carboxylic acids is 2. The highest BCUT2D eigenvalue weighted by atomic mass is 31.2. The highest BCUT2D eigenvalue weighted by Crippen LogP contribution is 2.38. The Morgan fingerprint density at radius 3 is 1.08 bits per heavy atom. The number of carbonyl (C=O) groups is 2. The summed E-state index contributed by atoms with van der Waals surface area (Å²) in [4.78, 5) is 37.9. The number of hydrogen-bond donors (Lipinski definition) is 0. The third-order valence-corrected chi connectivity index (χ3v) is 14.8. The van der Waals surface area contributed by atoms with Gasteiger partial charge in [0.1, 0.15) is 19.8 Å². The Bertz CT molecular complexity index is 1650. The van der Waals surface area contributed by atoms with Crippen LogP contribution in [0.3, 0.4) is 0 Å². The van der Waals surface area contributed by atoms with E-state index < -0.39 is 26.5 Å². The van der Waals surface area contributed by atoms with Gasteiger partial charge < -0.3 is 27.9 Å². The van der Waals surface area contributed by atoms with E-state index in [-0.39, 0.29) is 32.0 Å².